The molecule has 0 aromatic rings. The van der Waals surface area contributed by atoms with Gasteiger partial charge < -0.3 is 9.90 Å². The molecule has 0 radical (unpaired) electrons. The molecule has 114 valence electrons. The first-order valence-corrected chi connectivity index (χ1v) is 7.92. The van der Waals surface area contributed by atoms with Crippen molar-refractivity contribution in [1.82, 2.24) is 0 Å². The minimum absolute atomic E-state index is 0. The molecule has 0 aliphatic heterocycles. The fraction of sp³-hybridized carbons (Fsp3) is 0.611. The predicted molar refractivity (Wildman–Crippen MR) is 84.3 cm³/mol. The molecule has 0 aromatic heterocycles. The van der Waals surface area contributed by atoms with Crippen LogP contribution in [-0.2, 0) is 4.79 Å². The molecule has 0 aliphatic carbocycles. The van der Waals surface area contributed by atoms with Crippen LogP contribution in [0, 0.1) is 0 Å². The van der Waals surface area contributed by atoms with Crippen molar-refractivity contribution >= 4 is 5.97 Å². The third kappa shape index (κ3) is 22.1. The second kappa shape index (κ2) is 19.7. The fourth-order valence-corrected chi connectivity index (χ4v) is 1.89. The topological polar surface area (TPSA) is 40.1 Å². The first-order chi connectivity index (χ1) is 9.77. The molecule has 0 atom stereocenters. The van der Waals surface area contributed by atoms with Gasteiger partial charge in [0.1, 0.15) is 0 Å². The second-order valence-corrected chi connectivity index (χ2v) is 4.97. The van der Waals surface area contributed by atoms with E-state index in [1.165, 1.54) is 12.8 Å². The summed E-state index contributed by atoms with van der Waals surface area (Å²) < 4.78 is 0. The number of allylic oxidation sites excluding steroid dienone is 6. The first-order valence-electron chi connectivity index (χ1n) is 7.92. The summed E-state index contributed by atoms with van der Waals surface area (Å²) in [5.74, 6) is -0.925. The standard InChI is InChI=1S/C18H30O2.Na/c1-2-3-4-5-6-7-8-9-10-11-12-13-14-15-16-17-18(19)20;/h3-4,6-7,9-10H,2,5,8,11-17H2,1H3,(H,19,20);/q;+1/p-1/b4-3+,7-6+,10-9+;. The summed E-state index contributed by atoms with van der Waals surface area (Å²) in [5, 5.41) is 10.2. The molecular weight excluding hydrogens is 271 g/mol. The van der Waals surface area contributed by atoms with E-state index in [-0.39, 0.29) is 36.0 Å². The monoisotopic (exact) mass is 300 g/mol. The van der Waals surface area contributed by atoms with Gasteiger partial charge in [0.15, 0.2) is 0 Å². The first kappa shape index (κ1) is 23.0. The maximum Gasteiger partial charge on any atom is 1.00 e. The minimum Gasteiger partial charge on any atom is -0.550 e. The Kier molecular flexibility index (Phi) is 21.5. The Morgan fingerprint density at radius 3 is 1.95 bits per heavy atom. The van der Waals surface area contributed by atoms with Gasteiger partial charge in [-0.25, -0.2) is 0 Å². The Morgan fingerprint density at radius 2 is 1.33 bits per heavy atom. The van der Waals surface area contributed by atoms with Crippen molar-refractivity contribution in [3.63, 3.8) is 0 Å². The van der Waals surface area contributed by atoms with Crippen molar-refractivity contribution in [2.24, 2.45) is 0 Å². The molecule has 0 N–H and O–H groups in total. The van der Waals surface area contributed by atoms with Gasteiger partial charge >= 0.3 is 29.6 Å². The number of carboxylic acids is 1. The summed E-state index contributed by atoms with van der Waals surface area (Å²) >= 11 is 0. The molecule has 3 heteroatoms. The molecule has 0 aliphatic rings. The zero-order valence-electron chi connectivity index (χ0n) is 13.9. The quantitative estimate of drug-likeness (QED) is 0.292. The van der Waals surface area contributed by atoms with E-state index in [0.717, 1.165) is 44.9 Å². The average Bonchev–Trinajstić information content (AvgIpc) is 2.43. The molecular formula is C18H29NaO2. The summed E-state index contributed by atoms with van der Waals surface area (Å²) in [6, 6.07) is 0. The van der Waals surface area contributed by atoms with E-state index in [9.17, 15) is 9.90 Å². The second-order valence-electron chi connectivity index (χ2n) is 4.97. The van der Waals surface area contributed by atoms with Gasteiger partial charge in [-0.15, -0.1) is 0 Å². The van der Waals surface area contributed by atoms with E-state index in [1.54, 1.807) is 0 Å². The van der Waals surface area contributed by atoms with Gasteiger partial charge in [-0.3, -0.25) is 0 Å². The maximum atomic E-state index is 10.2. The van der Waals surface area contributed by atoms with Gasteiger partial charge in [-0.2, -0.15) is 0 Å². The predicted octanol–water partition coefficient (Wildman–Crippen LogP) is 1.33. The van der Waals surface area contributed by atoms with Crippen LogP contribution in [0.25, 0.3) is 0 Å². The molecule has 21 heavy (non-hydrogen) atoms. The number of carbonyl (C=O) groups is 1. The largest absolute Gasteiger partial charge is 1.00 e. The zero-order valence-corrected chi connectivity index (χ0v) is 15.9. The van der Waals surface area contributed by atoms with E-state index < -0.39 is 5.97 Å². The number of aliphatic carboxylic acids is 1. The Balaban J connectivity index is 0. The van der Waals surface area contributed by atoms with Gasteiger partial charge in [0.05, 0.1) is 0 Å². The maximum absolute atomic E-state index is 10.2. The molecule has 0 aromatic carbocycles. The van der Waals surface area contributed by atoms with Crippen LogP contribution in [0.2, 0.25) is 0 Å². The van der Waals surface area contributed by atoms with Crippen LogP contribution < -0.4 is 34.7 Å². The van der Waals surface area contributed by atoms with E-state index in [2.05, 4.69) is 43.4 Å². The van der Waals surface area contributed by atoms with E-state index >= 15 is 0 Å². The zero-order chi connectivity index (χ0) is 14.9. The average molecular weight is 300 g/mol. The van der Waals surface area contributed by atoms with Gasteiger partial charge in [-0.05, 0) is 44.9 Å². The Labute approximate surface area is 152 Å². The van der Waals surface area contributed by atoms with E-state index in [0.29, 0.717) is 0 Å². The van der Waals surface area contributed by atoms with Crippen molar-refractivity contribution in [1.29, 1.82) is 0 Å². The smallest absolute Gasteiger partial charge is 0.550 e. The molecule has 2 nitrogen and oxygen atoms in total. The number of rotatable bonds is 13. The number of hydrogen-bond donors (Lipinski definition) is 0. The molecule has 0 saturated heterocycles. The fourth-order valence-electron chi connectivity index (χ4n) is 1.89. The molecule has 0 unspecified atom stereocenters. The molecule has 0 heterocycles. The van der Waals surface area contributed by atoms with Crippen molar-refractivity contribution < 1.29 is 39.5 Å². The van der Waals surface area contributed by atoms with Crippen molar-refractivity contribution in [3.05, 3.63) is 36.5 Å². The van der Waals surface area contributed by atoms with Gasteiger partial charge in [0.2, 0.25) is 0 Å². The van der Waals surface area contributed by atoms with Crippen LogP contribution in [0.4, 0.5) is 0 Å². The summed E-state index contributed by atoms with van der Waals surface area (Å²) in [4.78, 5) is 10.2. The Bertz CT molecular complexity index is 306. The minimum atomic E-state index is -0.925. The van der Waals surface area contributed by atoms with Crippen LogP contribution in [0.3, 0.4) is 0 Å². The summed E-state index contributed by atoms with van der Waals surface area (Å²) in [6.45, 7) is 2.15. The van der Waals surface area contributed by atoms with Crippen LogP contribution in [0.15, 0.2) is 36.5 Å². The third-order valence-corrected chi connectivity index (χ3v) is 3.03. The SMILES string of the molecule is CC/C=C/C/C=C/C/C=C/CCCCCCCC(=O)[O-].[Na+]. The number of carboxylic acid groups (broad SMARTS) is 1. The van der Waals surface area contributed by atoms with Crippen LogP contribution in [0.1, 0.15) is 71.1 Å². The van der Waals surface area contributed by atoms with Crippen molar-refractivity contribution in [2.75, 3.05) is 0 Å². The number of carbonyl (C=O) groups excluding carboxylic acids is 1. The van der Waals surface area contributed by atoms with E-state index in [1.807, 2.05) is 0 Å². The molecule has 0 rings (SSSR count). The molecule has 0 fully saturated rings. The molecule has 0 amide bonds. The van der Waals surface area contributed by atoms with Crippen LogP contribution in [0.5, 0.6) is 0 Å². The Morgan fingerprint density at radius 1 is 0.810 bits per heavy atom. The molecule has 0 saturated carbocycles. The summed E-state index contributed by atoms with van der Waals surface area (Å²) in [7, 11) is 0. The van der Waals surface area contributed by atoms with Crippen LogP contribution >= 0.6 is 0 Å². The summed E-state index contributed by atoms with van der Waals surface area (Å²) in [5.41, 5.74) is 0. The Hall–Kier alpha value is -0.310. The normalized spacial score (nSPS) is 11.5. The van der Waals surface area contributed by atoms with Gasteiger partial charge in [0, 0.05) is 5.97 Å². The number of unbranched alkanes of at least 4 members (excludes halogenated alkanes) is 5. The summed E-state index contributed by atoms with van der Waals surface area (Å²) in [6.07, 6.45) is 23.0. The van der Waals surface area contributed by atoms with Gasteiger partial charge in [0.25, 0.3) is 0 Å². The van der Waals surface area contributed by atoms with Crippen LogP contribution in [-0.4, -0.2) is 5.97 Å². The molecule has 0 bridgehead atoms. The number of hydrogen-bond acceptors (Lipinski definition) is 2. The van der Waals surface area contributed by atoms with Crippen molar-refractivity contribution in [3.8, 4) is 0 Å². The van der Waals surface area contributed by atoms with Gasteiger partial charge in [-0.1, -0.05) is 62.6 Å². The van der Waals surface area contributed by atoms with Crippen molar-refractivity contribution in [2.45, 2.75) is 71.1 Å². The third-order valence-electron chi connectivity index (χ3n) is 3.03. The molecule has 0 spiro atoms. The van der Waals surface area contributed by atoms with E-state index in [4.69, 9.17) is 0 Å².